The molecule has 1 aromatic rings. The first kappa shape index (κ1) is 25.5. The van der Waals surface area contributed by atoms with Crippen LogP contribution in [0.4, 0.5) is 4.79 Å². The molecule has 0 aromatic heterocycles. The molecule has 30 heavy (non-hydrogen) atoms. The Morgan fingerprint density at radius 2 is 1.57 bits per heavy atom. The number of nitrogens with one attached hydrogen (secondary N) is 2. The van der Waals surface area contributed by atoms with Crippen LogP contribution in [0, 0.1) is 11.8 Å². The van der Waals surface area contributed by atoms with Gasteiger partial charge in [-0.3, -0.25) is 4.79 Å². The van der Waals surface area contributed by atoms with Crippen molar-refractivity contribution in [3.05, 3.63) is 35.9 Å². The maximum absolute atomic E-state index is 12.9. The molecule has 0 bridgehead atoms. The van der Waals surface area contributed by atoms with Gasteiger partial charge >= 0.3 is 12.1 Å². The summed E-state index contributed by atoms with van der Waals surface area (Å²) in [5, 5.41) is 5.35. The fourth-order valence-corrected chi connectivity index (χ4v) is 2.75. The van der Waals surface area contributed by atoms with E-state index in [0.29, 0.717) is 6.42 Å². The molecule has 0 radical (unpaired) electrons. The third kappa shape index (κ3) is 9.76. The number of alkyl carbamates (subject to hydrolysis) is 1. The first-order valence-electron chi connectivity index (χ1n) is 10.4. The van der Waals surface area contributed by atoms with Crippen molar-refractivity contribution in [3.63, 3.8) is 0 Å². The third-order valence-electron chi connectivity index (χ3n) is 4.15. The summed E-state index contributed by atoms with van der Waals surface area (Å²) in [5.74, 6) is -0.964. The lowest BCUT2D eigenvalue weighted by atomic mass is 10.0. The second kappa shape index (κ2) is 11.6. The molecule has 2 amide bonds. The molecular formula is C23H36N2O5. The summed E-state index contributed by atoms with van der Waals surface area (Å²) in [4.78, 5) is 37.6. The molecule has 0 unspecified atom stereocenters. The summed E-state index contributed by atoms with van der Waals surface area (Å²) in [7, 11) is 0. The lowest BCUT2D eigenvalue weighted by molar-refractivity contribution is -0.159. The number of hydrogen-bond acceptors (Lipinski definition) is 5. The summed E-state index contributed by atoms with van der Waals surface area (Å²) in [6.45, 7) is 13.0. The summed E-state index contributed by atoms with van der Waals surface area (Å²) >= 11 is 0. The molecule has 1 aromatic carbocycles. The Kier molecular flexibility index (Phi) is 9.82. The Morgan fingerprint density at radius 3 is 2.07 bits per heavy atom. The highest BCUT2D eigenvalue weighted by Gasteiger charge is 2.32. The van der Waals surface area contributed by atoms with Gasteiger partial charge in [0.15, 0.2) is 0 Å². The van der Waals surface area contributed by atoms with Crippen molar-refractivity contribution in [3.8, 4) is 0 Å². The van der Waals surface area contributed by atoms with Crippen LogP contribution in [0.1, 0.15) is 60.5 Å². The third-order valence-corrected chi connectivity index (χ3v) is 4.15. The van der Waals surface area contributed by atoms with Crippen molar-refractivity contribution in [2.75, 3.05) is 0 Å². The van der Waals surface area contributed by atoms with E-state index >= 15 is 0 Å². The minimum Gasteiger partial charge on any atom is -0.458 e. The average Bonchev–Trinajstić information content (AvgIpc) is 2.62. The van der Waals surface area contributed by atoms with Crippen LogP contribution in [-0.2, 0) is 25.7 Å². The predicted molar refractivity (Wildman–Crippen MR) is 116 cm³/mol. The predicted octanol–water partition coefficient (Wildman–Crippen LogP) is 3.81. The summed E-state index contributed by atoms with van der Waals surface area (Å²) in [6, 6.07) is 7.64. The minimum absolute atomic E-state index is 0.104. The van der Waals surface area contributed by atoms with Crippen LogP contribution in [0.5, 0.6) is 0 Å². The maximum Gasteiger partial charge on any atom is 0.408 e. The van der Waals surface area contributed by atoms with Gasteiger partial charge in [0.2, 0.25) is 5.91 Å². The SMILES string of the molecule is CC(C)C[C@H](NC(=O)[C@@H](NC(=O)OCc1ccccc1)C(C)C)C(=O)OC(C)(C)C. The van der Waals surface area contributed by atoms with Gasteiger partial charge in [-0.15, -0.1) is 0 Å². The molecule has 0 aliphatic heterocycles. The van der Waals surface area contributed by atoms with E-state index in [9.17, 15) is 14.4 Å². The van der Waals surface area contributed by atoms with Crippen molar-refractivity contribution in [2.24, 2.45) is 11.8 Å². The molecule has 7 heteroatoms. The number of ether oxygens (including phenoxy) is 2. The summed E-state index contributed by atoms with van der Waals surface area (Å²) in [5.41, 5.74) is 0.189. The van der Waals surface area contributed by atoms with Crippen LogP contribution in [0.25, 0.3) is 0 Å². The Hall–Kier alpha value is -2.57. The van der Waals surface area contributed by atoms with E-state index in [1.54, 1.807) is 20.8 Å². The van der Waals surface area contributed by atoms with Crippen LogP contribution in [-0.4, -0.2) is 35.7 Å². The van der Waals surface area contributed by atoms with Crippen molar-refractivity contribution in [1.82, 2.24) is 10.6 Å². The highest BCUT2D eigenvalue weighted by atomic mass is 16.6. The van der Waals surface area contributed by atoms with Gasteiger partial charge in [0.25, 0.3) is 0 Å². The summed E-state index contributed by atoms with van der Waals surface area (Å²) < 4.78 is 10.7. The monoisotopic (exact) mass is 420 g/mol. The zero-order chi connectivity index (χ0) is 22.9. The molecule has 1 rings (SSSR count). The first-order valence-corrected chi connectivity index (χ1v) is 10.4. The van der Waals surface area contributed by atoms with Crippen LogP contribution in [0.3, 0.4) is 0 Å². The minimum atomic E-state index is -0.842. The molecule has 0 fully saturated rings. The first-order chi connectivity index (χ1) is 13.9. The van der Waals surface area contributed by atoms with Crippen LogP contribution in [0.15, 0.2) is 30.3 Å². The molecule has 0 heterocycles. The molecule has 0 saturated heterocycles. The second-order valence-corrected chi connectivity index (χ2v) is 9.15. The van der Waals surface area contributed by atoms with Gasteiger partial charge < -0.3 is 20.1 Å². The molecular weight excluding hydrogens is 384 g/mol. The molecule has 168 valence electrons. The Labute approximate surface area is 179 Å². The number of carbonyl (C=O) groups is 3. The lowest BCUT2D eigenvalue weighted by Crippen LogP contribution is -2.54. The second-order valence-electron chi connectivity index (χ2n) is 9.15. The highest BCUT2D eigenvalue weighted by Crippen LogP contribution is 2.14. The Bertz CT molecular complexity index is 695. The van der Waals surface area contributed by atoms with Gasteiger partial charge in [0, 0.05) is 0 Å². The van der Waals surface area contributed by atoms with E-state index in [-0.39, 0.29) is 18.4 Å². The standard InChI is InChI=1S/C23H36N2O5/c1-15(2)13-18(21(27)30-23(5,6)7)24-20(26)19(16(3)4)25-22(28)29-14-17-11-9-8-10-12-17/h8-12,15-16,18-19H,13-14H2,1-7H3,(H,24,26)(H,25,28)/t18-,19-/m0/s1. The van der Waals surface area contributed by atoms with Crippen molar-refractivity contribution >= 4 is 18.0 Å². The van der Waals surface area contributed by atoms with E-state index in [4.69, 9.17) is 9.47 Å². The normalized spacial score (nSPS) is 13.5. The van der Waals surface area contributed by atoms with Gasteiger partial charge in [0.1, 0.15) is 24.3 Å². The lowest BCUT2D eigenvalue weighted by Gasteiger charge is -2.28. The molecule has 0 saturated carbocycles. The quantitative estimate of drug-likeness (QED) is 0.593. The fraction of sp³-hybridized carbons (Fsp3) is 0.609. The molecule has 0 aliphatic rings. The van der Waals surface area contributed by atoms with E-state index in [2.05, 4.69) is 10.6 Å². The van der Waals surface area contributed by atoms with Gasteiger partial charge in [-0.25, -0.2) is 9.59 Å². The van der Waals surface area contributed by atoms with E-state index in [1.807, 2.05) is 58.0 Å². The molecule has 7 nitrogen and oxygen atoms in total. The van der Waals surface area contributed by atoms with Crippen molar-refractivity contribution in [2.45, 2.75) is 79.2 Å². The van der Waals surface area contributed by atoms with Crippen LogP contribution >= 0.6 is 0 Å². The van der Waals surface area contributed by atoms with Gasteiger partial charge in [-0.05, 0) is 44.6 Å². The smallest absolute Gasteiger partial charge is 0.408 e. The Balaban J connectivity index is 2.76. The number of esters is 1. The van der Waals surface area contributed by atoms with E-state index in [1.165, 1.54) is 0 Å². The van der Waals surface area contributed by atoms with Gasteiger partial charge in [0.05, 0.1) is 0 Å². The molecule has 2 atom stereocenters. The number of amides is 2. The van der Waals surface area contributed by atoms with Crippen LogP contribution in [0.2, 0.25) is 0 Å². The average molecular weight is 421 g/mol. The van der Waals surface area contributed by atoms with Crippen molar-refractivity contribution in [1.29, 1.82) is 0 Å². The van der Waals surface area contributed by atoms with E-state index < -0.39 is 35.7 Å². The van der Waals surface area contributed by atoms with Gasteiger partial charge in [-0.2, -0.15) is 0 Å². The topological polar surface area (TPSA) is 93.7 Å². The van der Waals surface area contributed by atoms with Crippen LogP contribution < -0.4 is 10.6 Å². The number of rotatable bonds is 9. The maximum atomic E-state index is 12.9. The van der Waals surface area contributed by atoms with E-state index in [0.717, 1.165) is 5.56 Å². The fourth-order valence-electron chi connectivity index (χ4n) is 2.75. The summed E-state index contributed by atoms with van der Waals surface area (Å²) in [6.07, 6.45) is -0.255. The molecule has 2 N–H and O–H groups in total. The Morgan fingerprint density at radius 1 is 0.967 bits per heavy atom. The molecule has 0 aliphatic carbocycles. The van der Waals surface area contributed by atoms with Gasteiger partial charge in [-0.1, -0.05) is 58.0 Å². The zero-order valence-electron chi connectivity index (χ0n) is 19.2. The number of carbonyl (C=O) groups excluding carboxylic acids is 3. The molecule has 0 spiro atoms. The number of hydrogen-bond donors (Lipinski definition) is 2. The largest absolute Gasteiger partial charge is 0.458 e. The number of benzene rings is 1. The zero-order valence-corrected chi connectivity index (χ0v) is 19.2. The van der Waals surface area contributed by atoms with Crippen molar-refractivity contribution < 1.29 is 23.9 Å². The highest BCUT2D eigenvalue weighted by molar-refractivity contribution is 5.89.